The molecular weight excluding hydrogens is 444 g/mol. The van der Waals surface area contributed by atoms with Crippen molar-refractivity contribution in [3.05, 3.63) is 0 Å². The Kier molecular flexibility index (Phi) is 18.7. The average molecular weight is 499 g/mol. The smallest absolute Gasteiger partial charge is 0.434 e. The quantitative estimate of drug-likeness (QED) is 0.131. The van der Waals surface area contributed by atoms with Gasteiger partial charge in [0.05, 0.1) is 13.2 Å². The van der Waals surface area contributed by atoms with E-state index in [1.54, 1.807) is 0 Å². The molecule has 0 spiro atoms. The SMILES string of the molecule is CCCCCC(CCC)COC(=O)OC1CCC(OC(=O)OCCCCCCCCC(C)C)CC1. The molecule has 1 aliphatic carbocycles. The van der Waals surface area contributed by atoms with Crippen molar-refractivity contribution < 1.29 is 28.5 Å². The first kappa shape index (κ1) is 31.6. The summed E-state index contributed by atoms with van der Waals surface area (Å²) in [6.45, 7) is 9.77. The number of hydrogen-bond acceptors (Lipinski definition) is 6. The third kappa shape index (κ3) is 17.6. The van der Waals surface area contributed by atoms with Crippen LogP contribution in [-0.4, -0.2) is 37.7 Å². The fraction of sp³-hybridized carbons (Fsp3) is 0.931. The minimum Gasteiger partial charge on any atom is -0.434 e. The van der Waals surface area contributed by atoms with Crippen molar-refractivity contribution in [1.82, 2.24) is 0 Å². The van der Waals surface area contributed by atoms with Gasteiger partial charge in [-0.2, -0.15) is 0 Å². The van der Waals surface area contributed by atoms with Crippen LogP contribution in [0.3, 0.4) is 0 Å². The van der Waals surface area contributed by atoms with Gasteiger partial charge in [0.1, 0.15) is 12.2 Å². The molecular formula is C29H54O6. The maximum atomic E-state index is 12.1. The van der Waals surface area contributed by atoms with Gasteiger partial charge < -0.3 is 18.9 Å². The first-order chi connectivity index (χ1) is 16.9. The molecule has 0 N–H and O–H groups in total. The van der Waals surface area contributed by atoms with Crippen LogP contribution in [0, 0.1) is 11.8 Å². The largest absolute Gasteiger partial charge is 0.508 e. The molecule has 1 aliphatic rings. The maximum absolute atomic E-state index is 12.1. The second-order valence-corrected chi connectivity index (χ2v) is 10.7. The molecule has 1 saturated carbocycles. The van der Waals surface area contributed by atoms with E-state index in [9.17, 15) is 9.59 Å². The van der Waals surface area contributed by atoms with E-state index in [-0.39, 0.29) is 12.2 Å². The topological polar surface area (TPSA) is 71.1 Å². The standard InChI is InChI=1S/C29H54O6/c1-5-7-12-17-25(15-6-2)23-33-29(31)35-27-20-18-26(19-21-27)34-28(30)32-22-14-11-9-8-10-13-16-24(3)4/h24-27H,5-23H2,1-4H3. The first-order valence-electron chi connectivity index (χ1n) is 14.6. The van der Waals surface area contributed by atoms with E-state index >= 15 is 0 Å². The zero-order valence-electron chi connectivity index (χ0n) is 23.2. The fourth-order valence-corrected chi connectivity index (χ4v) is 4.71. The van der Waals surface area contributed by atoms with Crippen LogP contribution in [0.25, 0.3) is 0 Å². The van der Waals surface area contributed by atoms with Crippen LogP contribution in [0.4, 0.5) is 9.59 Å². The molecule has 206 valence electrons. The van der Waals surface area contributed by atoms with Gasteiger partial charge in [-0.1, -0.05) is 91.9 Å². The van der Waals surface area contributed by atoms with Crippen LogP contribution in [0.2, 0.25) is 0 Å². The van der Waals surface area contributed by atoms with Gasteiger partial charge in [-0.05, 0) is 56.8 Å². The second kappa shape index (κ2) is 20.7. The summed E-state index contributed by atoms with van der Waals surface area (Å²) in [6, 6.07) is 0. The number of unbranched alkanes of at least 4 members (excludes halogenated alkanes) is 7. The van der Waals surface area contributed by atoms with Gasteiger partial charge >= 0.3 is 12.3 Å². The lowest BCUT2D eigenvalue weighted by atomic mass is 9.95. The molecule has 0 aromatic rings. The average Bonchev–Trinajstić information content (AvgIpc) is 2.82. The lowest BCUT2D eigenvalue weighted by Gasteiger charge is -2.27. The Labute approximate surface area is 215 Å². The highest BCUT2D eigenvalue weighted by molar-refractivity contribution is 5.60. The van der Waals surface area contributed by atoms with Crippen molar-refractivity contribution >= 4 is 12.3 Å². The van der Waals surface area contributed by atoms with Gasteiger partial charge in [-0.15, -0.1) is 0 Å². The van der Waals surface area contributed by atoms with Crippen LogP contribution in [-0.2, 0) is 18.9 Å². The van der Waals surface area contributed by atoms with E-state index in [0.29, 0.717) is 44.8 Å². The van der Waals surface area contributed by atoms with Gasteiger partial charge in [0.15, 0.2) is 0 Å². The maximum Gasteiger partial charge on any atom is 0.508 e. The van der Waals surface area contributed by atoms with E-state index in [0.717, 1.165) is 38.0 Å². The highest BCUT2D eigenvalue weighted by Crippen LogP contribution is 2.25. The van der Waals surface area contributed by atoms with Crippen LogP contribution in [0.15, 0.2) is 0 Å². The van der Waals surface area contributed by atoms with Crippen LogP contribution in [0.5, 0.6) is 0 Å². The third-order valence-electron chi connectivity index (χ3n) is 6.89. The minimum absolute atomic E-state index is 0.160. The Morgan fingerprint density at radius 3 is 1.77 bits per heavy atom. The number of hydrogen-bond donors (Lipinski definition) is 0. The molecule has 6 heteroatoms. The Balaban J connectivity index is 2.07. The monoisotopic (exact) mass is 498 g/mol. The molecule has 1 fully saturated rings. The molecule has 1 atom stereocenters. The van der Waals surface area contributed by atoms with Gasteiger partial charge in [-0.25, -0.2) is 9.59 Å². The summed E-state index contributed by atoms with van der Waals surface area (Å²) >= 11 is 0. The van der Waals surface area contributed by atoms with Crippen molar-refractivity contribution in [3.8, 4) is 0 Å². The van der Waals surface area contributed by atoms with Crippen molar-refractivity contribution in [3.63, 3.8) is 0 Å². The van der Waals surface area contributed by atoms with Crippen molar-refractivity contribution in [1.29, 1.82) is 0 Å². The Morgan fingerprint density at radius 2 is 1.20 bits per heavy atom. The van der Waals surface area contributed by atoms with Crippen molar-refractivity contribution in [2.45, 2.75) is 149 Å². The third-order valence-corrected chi connectivity index (χ3v) is 6.89. The summed E-state index contributed by atoms with van der Waals surface area (Å²) in [7, 11) is 0. The predicted octanol–water partition coefficient (Wildman–Crippen LogP) is 8.99. The van der Waals surface area contributed by atoms with Gasteiger partial charge in [-0.3, -0.25) is 0 Å². The van der Waals surface area contributed by atoms with Crippen LogP contribution in [0.1, 0.15) is 137 Å². The number of ether oxygens (including phenoxy) is 4. The summed E-state index contributed by atoms with van der Waals surface area (Å²) in [5.74, 6) is 1.21. The minimum atomic E-state index is -0.573. The number of rotatable bonds is 19. The van der Waals surface area contributed by atoms with Crippen LogP contribution >= 0.6 is 0 Å². The van der Waals surface area contributed by atoms with E-state index in [4.69, 9.17) is 18.9 Å². The Morgan fingerprint density at radius 1 is 0.657 bits per heavy atom. The lowest BCUT2D eigenvalue weighted by molar-refractivity contribution is -0.0297. The van der Waals surface area contributed by atoms with E-state index in [2.05, 4.69) is 27.7 Å². The number of carbonyl (C=O) groups is 2. The summed E-state index contributed by atoms with van der Waals surface area (Å²) in [6.07, 6.45) is 16.5. The second-order valence-electron chi connectivity index (χ2n) is 10.7. The zero-order valence-corrected chi connectivity index (χ0v) is 23.2. The molecule has 0 bridgehead atoms. The zero-order chi connectivity index (χ0) is 25.7. The van der Waals surface area contributed by atoms with Gasteiger partial charge in [0, 0.05) is 0 Å². The van der Waals surface area contributed by atoms with E-state index in [1.807, 2.05) is 0 Å². The highest BCUT2D eigenvalue weighted by atomic mass is 16.7. The first-order valence-corrected chi connectivity index (χ1v) is 14.6. The molecule has 0 saturated heterocycles. The molecule has 1 rings (SSSR count). The predicted molar refractivity (Wildman–Crippen MR) is 141 cm³/mol. The molecule has 1 unspecified atom stereocenters. The molecule has 0 radical (unpaired) electrons. The summed E-state index contributed by atoms with van der Waals surface area (Å²) in [5.41, 5.74) is 0. The molecule has 6 nitrogen and oxygen atoms in total. The molecule has 35 heavy (non-hydrogen) atoms. The molecule has 0 amide bonds. The van der Waals surface area contributed by atoms with E-state index < -0.39 is 12.3 Å². The molecule has 0 aliphatic heterocycles. The molecule has 0 aromatic heterocycles. The van der Waals surface area contributed by atoms with Crippen molar-refractivity contribution in [2.75, 3.05) is 13.2 Å². The normalized spacial score (nSPS) is 18.8. The van der Waals surface area contributed by atoms with Gasteiger partial charge in [0.25, 0.3) is 0 Å². The summed E-state index contributed by atoms with van der Waals surface area (Å²) in [4.78, 5) is 24.1. The van der Waals surface area contributed by atoms with E-state index in [1.165, 1.54) is 51.4 Å². The highest BCUT2D eigenvalue weighted by Gasteiger charge is 2.27. The lowest BCUT2D eigenvalue weighted by Crippen LogP contribution is -2.30. The molecule has 0 heterocycles. The van der Waals surface area contributed by atoms with Crippen LogP contribution < -0.4 is 0 Å². The number of carbonyl (C=O) groups excluding carboxylic acids is 2. The summed E-state index contributed by atoms with van der Waals surface area (Å²) in [5, 5.41) is 0. The fourth-order valence-electron chi connectivity index (χ4n) is 4.71. The Bertz CT molecular complexity index is 527. The Hall–Kier alpha value is -1.46. The summed E-state index contributed by atoms with van der Waals surface area (Å²) < 4.78 is 21.6. The van der Waals surface area contributed by atoms with Crippen molar-refractivity contribution in [2.24, 2.45) is 11.8 Å². The van der Waals surface area contributed by atoms with Gasteiger partial charge in [0.2, 0.25) is 0 Å². The molecule has 0 aromatic carbocycles.